The fraction of sp³-hybridized carbons (Fsp3) is 0.136. The van der Waals surface area contributed by atoms with Crippen molar-refractivity contribution in [3.63, 3.8) is 0 Å². The van der Waals surface area contributed by atoms with Crippen LogP contribution in [0.5, 0.6) is 57.5 Å². The van der Waals surface area contributed by atoms with Crippen LogP contribution in [-0.4, -0.2) is 63.3 Å². The highest BCUT2D eigenvalue weighted by atomic mass is 16.5. The summed E-state index contributed by atoms with van der Waals surface area (Å²) in [5.74, 6) is -3.77. The molecular formula is C44H36O12. The van der Waals surface area contributed by atoms with Gasteiger partial charge in [-0.15, -0.1) is 0 Å². The van der Waals surface area contributed by atoms with E-state index in [1.807, 2.05) is 0 Å². The predicted molar refractivity (Wildman–Crippen MR) is 203 cm³/mol. The Morgan fingerprint density at radius 2 is 0.857 bits per heavy atom. The van der Waals surface area contributed by atoms with Crippen molar-refractivity contribution in [3.05, 3.63) is 154 Å². The van der Waals surface area contributed by atoms with Crippen LogP contribution in [0.1, 0.15) is 68.6 Å². The molecule has 2 aliphatic heterocycles. The van der Waals surface area contributed by atoms with E-state index in [-0.39, 0.29) is 56.9 Å². The molecule has 8 rings (SSSR count). The van der Waals surface area contributed by atoms with Gasteiger partial charge in [0.15, 0.2) is 23.7 Å². The number of phenolic OH excluding ortho intramolecular Hbond substituents is 8. The number of aliphatic hydroxyl groups is 2. The molecule has 6 aromatic carbocycles. The SMILES string of the molecule is Oc1ccc([C@H]2Oc3cc(O)ccc3[C@H](c3c(O)cc(O)c([C@H]4c5ccc(O)cc5O[C@H](c5ccc(O)cc5)[C@@H]4O)c3C=Cc3ccc(O)c(O)c3)[C@H]2O)cc1. The Labute approximate surface area is 319 Å². The number of hydrogen-bond donors (Lipinski definition) is 10. The van der Waals surface area contributed by atoms with Gasteiger partial charge in [-0.25, -0.2) is 0 Å². The maximum Gasteiger partial charge on any atom is 0.157 e. The topological polar surface area (TPSA) is 221 Å². The van der Waals surface area contributed by atoms with Crippen LogP contribution in [0.3, 0.4) is 0 Å². The summed E-state index contributed by atoms with van der Waals surface area (Å²) in [6.45, 7) is 0. The molecule has 2 heterocycles. The average molecular weight is 757 g/mol. The second-order valence-electron chi connectivity index (χ2n) is 13.9. The summed E-state index contributed by atoms with van der Waals surface area (Å²) in [5, 5.41) is 110. The Morgan fingerprint density at radius 1 is 0.411 bits per heavy atom. The first-order valence-electron chi connectivity index (χ1n) is 17.6. The van der Waals surface area contributed by atoms with E-state index in [1.165, 1.54) is 66.7 Å². The van der Waals surface area contributed by atoms with Gasteiger partial charge in [0.2, 0.25) is 0 Å². The molecule has 12 heteroatoms. The Morgan fingerprint density at radius 3 is 1.30 bits per heavy atom. The number of fused-ring (bicyclic) bond motifs is 2. The predicted octanol–water partition coefficient (Wildman–Crippen LogP) is 6.75. The van der Waals surface area contributed by atoms with Crippen LogP contribution in [0, 0.1) is 0 Å². The highest BCUT2D eigenvalue weighted by Gasteiger charge is 2.45. The van der Waals surface area contributed by atoms with Crippen molar-refractivity contribution in [1.29, 1.82) is 0 Å². The number of benzene rings is 6. The van der Waals surface area contributed by atoms with Crippen molar-refractivity contribution in [2.24, 2.45) is 0 Å². The summed E-state index contributed by atoms with van der Waals surface area (Å²) in [6, 6.07) is 25.9. The zero-order valence-electron chi connectivity index (χ0n) is 29.3. The van der Waals surface area contributed by atoms with Gasteiger partial charge in [0.25, 0.3) is 0 Å². The number of aromatic hydroxyl groups is 8. The van der Waals surface area contributed by atoms with E-state index in [0.29, 0.717) is 27.8 Å². The van der Waals surface area contributed by atoms with Gasteiger partial charge >= 0.3 is 0 Å². The summed E-state index contributed by atoms with van der Waals surface area (Å²) in [6.07, 6.45) is -1.94. The summed E-state index contributed by atoms with van der Waals surface area (Å²) >= 11 is 0. The Hall–Kier alpha value is -7.02. The maximum absolute atomic E-state index is 12.3. The standard InChI is InChI=1S/C44H36O12/c45-24-7-3-22(4-8-24)43-41(53)39(28-14-11-26(47)18-35(28)55-43)37-30(13-1-21-2-16-31(49)32(50)17-21)38(34(52)20-33(37)51)40-29-15-12-27(48)19-36(29)56-44(42(40)54)23-5-9-25(46)10-6-23/h1-20,39-54H/t39-,40-,41-,42-,43-,44-/m1/s1. The molecule has 0 unspecified atom stereocenters. The zero-order chi connectivity index (χ0) is 39.4. The molecule has 6 atom stereocenters. The lowest BCUT2D eigenvalue weighted by Gasteiger charge is -2.40. The summed E-state index contributed by atoms with van der Waals surface area (Å²) < 4.78 is 12.5. The molecule has 0 spiro atoms. The molecule has 10 N–H and O–H groups in total. The molecule has 0 fully saturated rings. The molecule has 56 heavy (non-hydrogen) atoms. The molecular weight excluding hydrogens is 720 g/mol. The van der Waals surface area contributed by atoms with Crippen molar-refractivity contribution >= 4 is 12.2 Å². The first kappa shape index (κ1) is 36.0. The molecule has 6 aromatic rings. The minimum absolute atomic E-state index is 0.0172. The molecule has 0 aliphatic carbocycles. The molecule has 12 nitrogen and oxygen atoms in total. The molecule has 0 radical (unpaired) electrons. The van der Waals surface area contributed by atoms with Crippen LogP contribution >= 0.6 is 0 Å². The van der Waals surface area contributed by atoms with E-state index in [1.54, 1.807) is 48.6 Å². The second-order valence-corrected chi connectivity index (χ2v) is 13.9. The fourth-order valence-corrected chi connectivity index (χ4v) is 7.77. The first-order valence-corrected chi connectivity index (χ1v) is 17.6. The summed E-state index contributed by atoms with van der Waals surface area (Å²) in [7, 11) is 0. The lowest BCUT2D eigenvalue weighted by molar-refractivity contribution is 0.00635. The second kappa shape index (κ2) is 14.0. The first-order chi connectivity index (χ1) is 26.9. The lowest BCUT2D eigenvalue weighted by Crippen LogP contribution is -2.37. The maximum atomic E-state index is 12.3. The van der Waals surface area contributed by atoms with Gasteiger partial charge in [0.05, 0.1) is 0 Å². The highest BCUT2D eigenvalue weighted by molar-refractivity contribution is 5.79. The normalized spacial score (nSPS) is 21.5. The number of ether oxygens (including phenoxy) is 2. The van der Waals surface area contributed by atoms with Gasteiger partial charge in [-0.2, -0.15) is 0 Å². The molecule has 284 valence electrons. The third-order valence-corrected chi connectivity index (χ3v) is 10.4. The monoisotopic (exact) mass is 756 g/mol. The molecule has 0 bridgehead atoms. The Bertz CT molecular complexity index is 2340. The van der Waals surface area contributed by atoms with Crippen LogP contribution < -0.4 is 9.47 Å². The van der Waals surface area contributed by atoms with Crippen molar-refractivity contribution in [3.8, 4) is 57.5 Å². The van der Waals surface area contributed by atoms with E-state index >= 15 is 0 Å². The van der Waals surface area contributed by atoms with E-state index in [9.17, 15) is 51.1 Å². The number of phenols is 8. The van der Waals surface area contributed by atoms with Gasteiger partial charge in [-0.05, 0) is 70.8 Å². The minimum Gasteiger partial charge on any atom is -0.508 e. The van der Waals surface area contributed by atoms with Crippen molar-refractivity contribution < 1.29 is 60.5 Å². The van der Waals surface area contributed by atoms with E-state index in [2.05, 4.69) is 0 Å². The van der Waals surface area contributed by atoms with E-state index < -0.39 is 53.5 Å². The number of aliphatic hydroxyl groups excluding tert-OH is 2. The molecule has 0 amide bonds. The van der Waals surface area contributed by atoms with Crippen LogP contribution in [0.15, 0.2) is 109 Å². The quantitative estimate of drug-likeness (QED) is 0.0630. The van der Waals surface area contributed by atoms with Crippen molar-refractivity contribution in [1.82, 2.24) is 0 Å². The van der Waals surface area contributed by atoms with Gasteiger partial charge in [-0.1, -0.05) is 54.6 Å². The molecule has 2 aliphatic rings. The Balaban J connectivity index is 1.40. The largest absolute Gasteiger partial charge is 0.508 e. The number of hydrogen-bond acceptors (Lipinski definition) is 12. The zero-order valence-corrected chi connectivity index (χ0v) is 29.3. The van der Waals surface area contributed by atoms with Gasteiger partial charge in [0.1, 0.15) is 58.2 Å². The third kappa shape index (κ3) is 6.36. The molecule has 0 saturated heterocycles. The average Bonchev–Trinajstić information content (AvgIpc) is 3.17. The van der Waals surface area contributed by atoms with Gasteiger partial charge in [-0.3, -0.25) is 0 Å². The third-order valence-electron chi connectivity index (χ3n) is 10.4. The smallest absolute Gasteiger partial charge is 0.157 e. The van der Waals surface area contributed by atoms with E-state index in [4.69, 9.17) is 9.47 Å². The van der Waals surface area contributed by atoms with Crippen LogP contribution in [0.4, 0.5) is 0 Å². The summed E-state index contributed by atoms with van der Waals surface area (Å²) in [5.41, 5.74) is 2.43. The molecule has 0 saturated carbocycles. The van der Waals surface area contributed by atoms with Crippen LogP contribution in [0.2, 0.25) is 0 Å². The van der Waals surface area contributed by atoms with Crippen LogP contribution in [-0.2, 0) is 0 Å². The van der Waals surface area contributed by atoms with Crippen LogP contribution in [0.25, 0.3) is 12.2 Å². The minimum atomic E-state index is -1.43. The van der Waals surface area contributed by atoms with E-state index in [0.717, 1.165) is 6.07 Å². The van der Waals surface area contributed by atoms with Gasteiger partial charge in [0, 0.05) is 52.3 Å². The Kier molecular flexibility index (Phi) is 8.99. The van der Waals surface area contributed by atoms with Gasteiger partial charge < -0.3 is 60.5 Å². The van der Waals surface area contributed by atoms with Crippen molar-refractivity contribution in [2.45, 2.75) is 36.3 Å². The lowest BCUT2D eigenvalue weighted by atomic mass is 9.73. The molecule has 0 aromatic heterocycles. The fourth-order valence-electron chi connectivity index (χ4n) is 7.77. The summed E-state index contributed by atoms with van der Waals surface area (Å²) in [4.78, 5) is 0. The van der Waals surface area contributed by atoms with Crippen molar-refractivity contribution in [2.75, 3.05) is 0 Å². The highest BCUT2D eigenvalue weighted by Crippen LogP contribution is 2.55. The number of rotatable bonds is 6.